The normalized spacial score (nSPS) is 29.4. The second kappa shape index (κ2) is 6.03. The Morgan fingerprint density at radius 2 is 2.05 bits per heavy atom. The molecular formula is C18H27ClN2O. The third-order valence-electron chi connectivity index (χ3n) is 5.17. The van der Waals surface area contributed by atoms with Crippen LogP contribution in [0.3, 0.4) is 0 Å². The summed E-state index contributed by atoms with van der Waals surface area (Å²) in [4.78, 5) is 2.61. The van der Waals surface area contributed by atoms with Gasteiger partial charge in [0.1, 0.15) is 11.4 Å². The standard InChI is InChI=1S/C18H26N2O.ClH/c1-18(2)10-13-4-3-5-14(17(13)21-18)11-20-9-8-15-6-7-16(12-20)19-15;/h3-5,15-16,19H,6-12H2,1-2H3;1H. The number of benzene rings is 1. The highest BCUT2D eigenvalue weighted by Gasteiger charge is 2.33. The van der Waals surface area contributed by atoms with E-state index in [1.807, 2.05) is 0 Å². The zero-order chi connectivity index (χ0) is 14.4. The Morgan fingerprint density at radius 3 is 2.91 bits per heavy atom. The SMILES string of the molecule is CC1(C)Cc2cccc(CN3CCC4CCC(C3)N4)c2O1.Cl. The van der Waals surface area contributed by atoms with Gasteiger partial charge in [0.05, 0.1) is 0 Å². The molecule has 122 valence electrons. The number of hydrogen-bond donors (Lipinski definition) is 1. The summed E-state index contributed by atoms with van der Waals surface area (Å²) in [6.07, 6.45) is 5.04. The minimum Gasteiger partial charge on any atom is -0.487 e. The van der Waals surface area contributed by atoms with E-state index in [-0.39, 0.29) is 18.0 Å². The van der Waals surface area contributed by atoms with Crippen molar-refractivity contribution in [1.29, 1.82) is 0 Å². The van der Waals surface area contributed by atoms with Crippen LogP contribution in [0.4, 0.5) is 0 Å². The summed E-state index contributed by atoms with van der Waals surface area (Å²) < 4.78 is 6.22. The van der Waals surface area contributed by atoms with Crippen LogP contribution in [-0.2, 0) is 13.0 Å². The van der Waals surface area contributed by atoms with Gasteiger partial charge < -0.3 is 10.1 Å². The van der Waals surface area contributed by atoms with Gasteiger partial charge in [-0.05, 0) is 38.7 Å². The molecule has 4 rings (SSSR count). The fourth-order valence-electron chi connectivity index (χ4n) is 4.20. The Hall–Kier alpha value is -0.770. The number of para-hydroxylation sites is 1. The molecule has 2 saturated heterocycles. The first kappa shape index (κ1) is 16.1. The zero-order valence-electron chi connectivity index (χ0n) is 13.6. The average molecular weight is 323 g/mol. The van der Waals surface area contributed by atoms with E-state index in [2.05, 4.69) is 42.3 Å². The molecule has 4 heteroatoms. The van der Waals surface area contributed by atoms with Crippen LogP contribution < -0.4 is 10.1 Å². The number of nitrogens with one attached hydrogen (secondary N) is 1. The van der Waals surface area contributed by atoms with Gasteiger partial charge in [-0.25, -0.2) is 0 Å². The minimum absolute atomic E-state index is 0. The number of fused-ring (bicyclic) bond motifs is 3. The summed E-state index contributed by atoms with van der Waals surface area (Å²) in [5.74, 6) is 1.16. The molecule has 0 aliphatic carbocycles. The van der Waals surface area contributed by atoms with Gasteiger partial charge in [-0.3, -0.25) is 4.90 Å². The van der Waals surface area contributed by atoms with E-state index in [1.165, 1.54) is 43.5 Å². The van der Waals surface area contributed by atoms with Crippen molar-refractivity contribution < 1.29 is 4.74 Å². The number of halogens is 1. The van der Waals surface area contributed by atoms with Gasteiger partial charge in [0.15, 0.2) is 0 Å². The van der Waals surface area contributed by atoms with Crippen molar-refractivity contribution in [2.24, 2.45) is 0 Å². The molecule has 0 radical (unpaired) electrons. The van der Waals surface area contributed by atoms with E-state index in [4.69, 9.17) is 4.74 Å². The second-order valence-corrected chi connectivity index (χ2v) is 7.61. The lowest BCUT2D eigenvalue weighted by Gasteiger charge is -2.25. The number of nitrogens with zero attached hydrogens (tertiary/aromatic N) is 1. The van der Waals surface area contributed by atoms with Crippen LogP contribution in [0, 0.1) is 0 Å². The molecule has 0 amide bonds. The van der Waals surface area contributed by atoms with Gasteiger partial charge in [-0.2, -0.15) is 0 Å². The Bertz CT molecular complexity index is 546. The molecule has 2 unspecified atom stereocenters. The highest BCUT2D eigenvalue weighted by atomic mass is 35.5. The van der Waals surface area contributed by atoms with Crippen LogP contribution in [0.25, 0.3) is 0 Å². The van der Waals surface area contributed by atoms with E-state index in [1.54, 1.807) is 0 Å². The number of ether oxygens (including phenoxy) is 1. The Labute approximate surface area is 139 Å². The molecule has 0 aromatic heterocycles. The van der Waals surface area contributed by atoms with Crippen LogP contribution in [-0.4, -0.2) is 35.7 Å². The van der Waals surface area contributed by atoms with Crippen LogP contribution in [0.1, 0.15) is 44.2 Å². The third kappa shape index (κ3) is 3.12. The maximum Gasteiger partial charge on any atom is 0.127 e. The van der Waals surface area contributed by atoms with Crippen molar-refractivity contribution in [2.75, 3.05) is 13.1 Å². The quantitative estimate of drug-likeness (QED) is 0.905. The summed E-state index contributed by atoms with van der Waals surface area (Å²) in [7, 11) is 0. The van der Waals surface area contributed by atoms with E-state index < -0.39 is 0 Å². The van der Waals surface area contributed by atoms with Crippen molar-refractivity contribution in [1.82, 2.24) is 10.2 Å². The van der Waals surface area contributed by atoms with Gasteiger partial charge in [0, 0.05) is 43.7 Å². The first-order valence-corrected chi connectivity index (χ1v) is 8.37. The van der Waals surface area contributed by atoms with E-state index in [0.29, 0.717) is 6.04 Å². The molecule has 3 heterocycles. The summed E-state index contributed by atoms with van der Waals surface area (Å²) in [6.45, 7) is 7.80. The fourth-order valence-corrected chi connectivity index (χ4v) is 4.20. The highest BCUT2D eigenvalue weighted by Crippen LogP contribution is 2.38. The van der Waals surface area contributed by atoms with Crippen molar-refractivity contribution >= 4 is 12.4 Å². The van der Waals surface area contributed by atoms with E-state index in [0.717, 1.165) is 24.8 Å². The van der Waals surface area contributed by atoms with Crippen molar-refractivity contribution in [3.63, 3.8) is 0 Å². The Morgan fingerprint density at radius 1 is 1.23 bits per heavy atom. The lowest BCUT2D eigenvalue weighted by atomic mass is 10.00. The maximum atomic E-state index is 6.22. The van der Waals surface area contributed by atoms with Gasteiger partial charge in [-0.15, -0.1) is 12.4 Å². The van der Waals surface area contributed by atoms with Gasteiger partial charge in [0.2, 0.25) is 0 Å². The summed E-state index contributed by atoms with van der Waals surface area (Å²) >= 11 is 0. The monoisotopic (exact) mass is 322 g/mol. The van der Waals surface area contributed by atoms with E-state index >= 15 is 0 Å². The second-order valence-electron chi connectivity index (χ2n) is 7.61. The van der Waals surface area contributed by atoms with Gasteiger partial charge in [-0.1, -0.05) is 18.2 Å². The lowest BCUT2D eigenvalue weighted by molar-refractivity contribution is 0.135. The molecular weight excluding hydrogens is 296 g/mol. The van der Waals surface area contributed by atoms with Gasteiger partial charge in [0.25, 0.3) is 0 Å². The lowest BCUT2D eigenvalue weighted by Crippen LogP contribution is -2.35. The summed E-state index contributed by atoms with van der Waals surface area (Å²) in [5.41, 5.74) is 2.71. The molecule has 2 bridgehead atoms. The van der Waals surface area contributed by atoms with E-state index in [9.17, 15) is 0 Å². The maximum absolute atomic E-state index is 6.22. The number of hydrogen-bond acceptors (Lipinski definition) is 3. The predicted octanol–water partition coefficient (Wildman–Crippen LogP) is 3.15. The molecule has 1 N–H and O–H groups in total. The molecule has 1 aromatic carbocycles. The van der Waals surface area contributed by atoms with Crippen molar-refractivity contribution in [3.8, 4) is 5.75 Å². The van der Waals surface area contributed by atoms with Crippen molar-refractivity contribution in [2.45, 2.75) is 63.8 Å². The largest absolute Gasteiger partial charge is 0.487 e. The minimum atomic E-state index is -0.0438. The van der Waals surface area contributed by atoms with Crippen molar-refractivity contribution in [3.05, 3.63) is 29.3 Å². The highest BCUT2D eigenvalue weighted by molar-refractivity contribution is 5.85. The fraction of sp³-hybridized carbons (Fsp3) is 0.667. The van der Waals surface area contributed by atoms with Crippen LogP contribution in [0.15, 0.2) is 18.2 Å². The predicted molar refractivity (Wildman–Crippen MR) is 91.9 cm³/mol. The Kier molecular flexibility index (Phi) is 4.41. The molecule has 2 fully saturated rings. The third-order valence-corrected chi connectivity index (χ3v) is 5.17. The summed E-state index contributed by atoms with van der Waals surface area (Å²) in [6, 6.07) is 8.13. The smallest absolute Gasteiger partial charge is 0.127 e. The summed E-state index contributed by atoms with van der Waals surface area (Å²) in [5, 5.41) is 3.76. The van der Waals surface area contributed by atoms with Gasteiger partial charge >= 0.3 is 0 Å². The average Bonchev–Trinajstić information content (AvgIpc) is 2.91. The Balaban J connectivity index is 0.00000144. The first-order chi connectivity index (χ1) is 10.1. The molecule has 22 heavy (non-hydrogen) atoms. The molecule has 1 aromatic rings. The molecule has 0 saturated carbocycles. The first-order valence-electron chi connectivity index (χ1n) is 8.37. The molecule has 2 atom stereocenters. The molecule has 0 spiro atoms. The van der Waals surface area contributed by atoms with Crippen LogP contribution >= 0.6 is 12.4 Å². The molecule has 3 aliphatic rings. The van der Waals surface area contributed by atoms with Crippen LogP contribution in [0.5, 0.6) is 5.75 Å². The number of likely N-dealkylation sites (tertiary alicyclic amines) is 1. The zero-order valence-corrected chi connectivity index (χ0v) is 14.4. The van der Waals surface area contributed by atoms with Crippen LogP contribution in [0.2, 0.25) is 0 Å². The topological polar surface area (TPSA) is 24.5 Å². The molecule has 3 aliphatic heterocycles. The molecule has 3 nitrogen and oxygen atoms in total. The number of rotatable bonds is 2.